The molecule has 1 saturated carbocycles. The average Bonchev–Trinajstić information content (AvgIpc) is 3.46. The van der Waals surface area contributed by atoms with Crippen LogP contribution in [-0.2, 0) is 17.8 Å². The Morgan fingerprint density at radius 2 is 2.04 bits per heavy atom. The predicted molar refractivity (Wildman–Crippen MR) is 106 cm³/mol. The molecule has 1 unspecified atom stereocenters. The van der Waals surface area contributed by atoms with E-state index in [9.17, 15) is 9.59 Å². The van der Waals surface area contributed by atoms with Crippen molar-refractivity contribution in [3.63, 3.8) is 0 Å². The summed E-state index contributed by atoms with van der Waals surface area (Å²) in [5.41, 5.74) is 3.38. The first-order valence-electron chi connectivity index (χ1n) is 10.7. The number of nitrogens with one attached hydrogen (secondary N) is 1. The molecule has 0 radical (unpaired) electrons. The monoisotopic (exact) mass is 383 g/mol. The Morgan fingerprint density at radius 1 is 1.21 bits per heavy atom. The lowest BCUT2D eigenvalue weighted by Crippen LogP contribution is -2.40. The number of carbonyl (C=O) groups excluding carboxylic acids is 1. The third-order valence-corrected chi connectivity index (χ3v) is 6.62. The van der Waals surface area contributed by atoms with Crippen molar-refractivity contribution in [2.24, 2.45) is 5.92 Å². The first kappa shape index (κ1) is 17.9. The van der Waals surface area contributed by atoms with Crippen molar-refractivity contribution in [3.05, 3.63) is 33.4 Å². The zero-order valence-electron chi connectivity index (χ0n) is 16.8. The van der Waals surface area contributed by atoms with Crippen LogP contribution in [0.4, 0.5) is 0 Å². The summed E-state index contributed by atoms with van der Waals surface area (Å²) >= 11 is 0. The highest BCUT2D eigenvalue weighted by atomic mass is 16.2. The van der Waals surface area contributed by atoms with Crippen LogP contribution in [0.25, 0.3) is 5.65 Å². The topological polar surface area (TPSA) is 73.7 Å². The van der Waals surface area contributed by atoms with Gasteiger partial charge in [-0.15, -0.1) is 0 Å². The molecule has 1 atom stereocenters. The molecule has 0 bridgehead atoms. The molecule has 1 N–H and O–H groups in total. The number of likely N-dealkylation sites (tertiary alicyclic amines) is 1. The van der Waals surface area contributed by atoms with Gasteiger partial charge in [-0.05, 0) is 52.4 Å². The van der Waals surface area contributed by atoms with Gasteiger partial charge < -0.3 is 4.90 Å². The summed E-state index contributed by atoms with van der Waals surface area (Å²) in [6, 6.07) is 2.46. The van der Waals surface area contributed by atoms with Crippen molar-refractivity contribution < 1.29 is 4.79 Å². The van der Waals surface area contributed by atoms with E-state index in [1.165, 1.54) is 0 Å². The molecule has 7 nitrogen and oxygen atoms in total. The van der Waals surface area contributed by atoms with Gasteiger partial charge in [-0.3, -0.25) is 19.6 Å². The number of aromatic amines is 1. The Balaban J connectivity index is 1.52. The van der Waals surface area contributed by atoms with Gasteiger partial charge in [-0.25, -0.2) is 9.50 Å². The molecule has 7 heteroatoms. The summed E-state index contributed by atoms with van der Waals surface area (Å²) in [6.45, 7) is 6.80. The third-order valence-electron chi connectivity index (χ3n) is 6.62. The Kier molecular flexibility index (Phi) is 4.30. The van der Waals surface area contributed by atoms with Crippen molar-refractivity contribution in [2.75, 3.05) is 13.1 Å². The number of hydrogen-bond acceptors (Lipinski definition) is 4. The Morgan fingerprint density at radius 3 is 2.79 bits per heavy atom. The van der Waals surface area contributed by atoms with Gasteiger partial charge in [0.1, 0.15) is 0 Å². The van der Waals surface area contributed by atoms with E-state index in [0.29, 0.717) is 11.7 Å². The molecule has 0 spiro atoms. The van der Waals surface area contributed by atoms with Gasteiger partial charge in [0.15, 0.2) is 5.65 Å². The second kappa shape index (κ2) is 6.72. The van der Waals surface area contributed by atoms with Crippen LogP contribution in [0.3, 0.4) is 0 Å². The van der Waals surface area contributed by atoms with E-state index in [-0.39, 0.29) is 23.4 Å². The Bertz CT molecular complexity index is 971. The summed E-state index contributed by atoms with van der Waals surface area (Å²) in [5, 5.41) is 3.30. The zero-order valence-corrected chi connectivity index (χ0v) is 16.8. The van der Waals surface area contributed by atoms with E-state index >= 15 is 0 Å². The molecule has 2 aliphatic heterocycles. The lowest BCUT2D eigenvalue weighted by Gasteiger charge is -2.35. The van der Waals surface area contributed by atoms with Gasteiger partial charge in [-0.2, -0.15) is 0 Å². The average molecular weight is 383 g/mol. The van der Waals surface area contributed by atoms with Gasteiger partial charge in [0.05, 0.1) is 17.4 Å². The van der Waals surface area contributed by atoms with E-state index in [2.05, 4.69) is 23.8 Å². The highest BCUT2D eigenvalue weighted by molar-refractivity contribution is 5.81. The molecule has 1 aliphatic carbocycles. The van der Waals surface area contributed by atoms with Crippen molar-refractivity contribution >= 4 is 11.6 Å². The normalized spacial score (nSPS) is 23.4. The molecule has 1 amide bonds. The molecule has 2 aromatic rings. The van der Waals surface area contributed by atoms with Crippen LogP contribution in [0.2, 0.25) is 0 Å². The van der Waals surface area contributed by atoms with Crippen LogP contribution in [0.15, 0.2) is 10.9 Å². The molecule has 2 fully saturated rings. The highest BCUT2D eigenvalue weighted by Gasteiger charge is 2.38. The van der Waals surface area contributed by atoms with Gasteiger partial charge in [0, 0.05) is 43.2 Å². The molecule has 0 aromatic carbocycles. The standard InChI is InChI=1S/C21H29N5O2/c1-13(2)24-10-8-15-17(12-24)22-19-11-16(23-26(19)21(15)28)18-5-3-4-9-25(18)20(27)14-6-7-14/h11,13-14,18,23H,3-10,12H2,1-2H3. The third kappa shape index (κ3) is 2.96. The summed E-state index contributed by atoms with van der Waals surface area (Å²) in [4.78, 5) is 35.1. The van der Waals surface area contributed by atoms with Crippen LogP contribution in [0, 0.1) is 5.92 Å². The fraction of sp³-hybridized carbons (Fsp3) is 0.667. The fourth-order valence-electron chi connectivity index (χ4n) is 4.73. The van der Waals surface area contributed by atoms with E-state index < -0.39 is 0 Å². The first-order valence-corrected chi connectivity index (χ1v) is 10.7. The largest absolute Gasteiger partial charge is 0.334 e. The van der Waals surface area contributed by atoms with Crippen LogP contribution in [0.5, 0.6) is 0 Å². The summed E-state index contributed by atoms with van der Waals surface area (Å²) in [7, 11) is 0. The maximum atomic E-state index is 13.1. The van der Waals surface area contributed by atoms with E-state index in [1.807, 2.05) is 11.0 Å². The lowest BCUT2D eigenvalue weighted by atomic mass is 9.98. The first-order chi connectivity index (χ1) is 13.5. The number of rotatable bonds is 3. The van der Waals surface area contributed by atoms with Crippen molar-refractivity contribution in [1.82, 2.24) is 24.4 Å². The number of hydrogen-bond donors (Lipinski definition) is 1. The summed E-state index contributed by atoms with van der Waals surface area (Å²) in [6.07, 6.45) is 5.90. The molecular weight excluding hydrogens is 354 g/mol. The fourth-order valence-corrected chi connectivity index (χ4v) is 4.73. The van der Waals surface area contributed by atoms with E-state index in [4.69, 9.17) is 4.98 Å². The zero-order chi connectivity index (χ0) is 19.4. The van der Waals surface area contributed by atoms with Crippen molar-refractivity contribution in [3.8, 4) is 0 Å². The molecule has 28 heavy (non-hydrogen) atoms. The lowest BCUT2D eigenvalue weighted by molar-refractivity contribution is -0.136. The van der Waals surface area contributed by atoms with E-state index in [1.54, 1.807) is 4.52 Å². The van der Waals surface area contributed by atoms with Crippen molar-refractivity contribution in [1.29, 1.82) is 0 Å². The quantitative estimate of drug-likeness (QED) is 0.882. The van der Waals surface area contributed by atoms with Gasteiger partial charge in [0.25, 0.3) is 5.56 Å². The molecule has 1 saturated heterocycles. The van der Waals surface area contributed by atoms with Gasteiger partial charge in [0.2, 0.25) is 5.91 Å². The highest BCUT2D eigenvalue weighted by Crippen LogP contribution is 2.37. The number of amides is 1. The number of carbonyl (C=O) groups is 1. The van der Waals surface area contributed by atoms with E-state index in [0.717, 1.165) is 75.1 Å². The second-order valence-electron chi connectivity index (χ2n) is 8.88. The minimum atomic E-state index is 0.0190. The molecule has 5 rings (SSSR count). The molecule has 2 aromatic heterocycles. The number of nitrogens with zero attached hydrogens (tertiary/aromatic N) is 4. The predicted octanol–water partition coefficient (Wildman–Crippen LogP) is 2.25. The summed E-state index contributed by atoms with van der Waals surface area (Å²) in [5.74, 6) is 0.510. The Labute approximate surface area is 164 Å². The Hall–Kier alpha value is -2.15. The number of piperidine rings is 1. The number of aromatic nitrogens is 3. The maximum absolute atomic E-state index is 13.1. The van der Waals surface area contributed by atoms with Crippen LogP contribution < -0.4 is 5.56 Å². The summed E-state index contributed by atoms with van der Waals surface area (Å²) < 4.78 is 1.59. The number of fused-ring (bicyclic) bond motifs is 2. The smallest absolute Gasteiger partial charge is 0.276 e. The molecular formula is C21H29N5O2. The molecule has 4 heterocycles. The minimum Gasteiger partial charge on any atom is -0.334 e. The molecule has 150 valence electrons. The molecule has 3 aliphatic rings. The minimum absolute atomic E-state index is 0.0190. The number of H-pyrrole nitrogens is 1. The van der Waals surface area contributed by atoms with Crippen LogP contribution in [0.1, 0.15) is 68.9 Å². The van der Waals surface area contributed by atoms with Crippen LogP contribution >= 0.6 is 0 Å². The maximum Gasteiger partial charge on any atom is 0.276 e. The van der Waals surface area contributed by atoms with Crippen LogP contribution in [-0.4, -0.2) is 49.4 Å². The second-order valence-corrected chi connectivity index (χ2v) is 8.88. The van der Waals surface area contributed by atoms with Crippen molar-refractivity contribution in [2.45, 2.75) is 71.0 Å². The van der Waals surface area contributed by atoms with Gasteiger partial charge in [-0.1, -0.05) is 0 Å². The van der Waals surface area contributed by atoms with Gasteiger partial charge >= 0.3 is 0 Å². The SMILES string of the molecule is CC(C)N1CCc2c(nc3cc(C4CCCCN4C(=O)C4CC4)[nH]n3c2=O)C1.